The van der Waals surface area contributed by atoms with Gasteiger partial charge in [-0.05, 0) is 12.8 Å². The number of rotatable bonds is 4. The van der Waals surface area contributed by atoms with Crippen molar-refractivity contribution in [1.82, 2.24) is 9.80 Å². The maximum Gasteiger partial charge on any atom is 0.228 e. The molecule has 0 spiro atoms. The van der Waals surface area contributed by atoms with Gasteiger partial charge in [0.15, 0.2) is 0 Å². The van der Waals surface area contributed by atoms with Gasteiger partial charge in [-0.15, -0.1) is 12.4 Å². The van der Waals surface area contributed by atoms with E-state index in [1.54, 1.807) is 12.0 Å². The maximum atomic E-state index is 12.4. The summed E-state index contributed by atoms with van der Waals surface area (Å²) in [5, 5.41) is 0. The topological polar surface area (TPSA) is 75.9 Å². The van der Waals surface area contributed by atoms with Crippen LogP contribution in [0.4, 0.5) is 0 Å². The first kappa shape index (κ1) is 17.2. The standard InChI is InChI=1S/C13H23N3O3.ClH/c1-19-6-5-15-8-10(7-12(15)17)13(18)16-4-2-3-11(14)9-16;/h10-11H,2-9,14H2,1H3;1H. The molecule has 2 fully saturated rings. The second kappa shape index (κ2) is 7.81. The van der Waals surface area contributed by atoms with Crippen LogP contribution in [-0.4, -0.2) is 67.6 Å². The molecule has 2 unspecified atom stereocenters. The minimum atomic E-state index is -0.199. The third-order valence-corrected chi connectivity index (χ3v) is 3.90. The van der Waals surface area contributed by atoms with Crippen molar-refractivity contribution in [2.45, 2.75) is 25.3 Å². The molecule has 20 heavy (non-hydrogen) atoms. The van der Waals surface area contributed by atoms with Crippen LogP contribution in [0.25, 0.3) is 0 Å². The van der Waals surface area contributed by atoms with Crippen LogP contribution in [0, 0.1) is 5.92 Å². The molecule has 0 radical (unpaired) electrons. The number of ether oxygens (including phenoxy) is 1. The Kier molecular flexibility index (Phi) is 6.71. The van der Waals surface area contributed by atoms with Crippen molar-refractivity contribution in [3.63, 3.8) is 0 Å². The van der Waals surface area contributed by atoms with E-state index < -0.39 is 0 Å². The third kappa shape index (κ3) is 4.07. The minimum absolute atomic E-state index is 0. The van der Waals surface area contributed by atoms with Gasteiger partial charge in [0.2, 0.25) is 11.8 Å². The van der Waals surface area contributed by atoms with Gasteiger partial charge in [-0.25, -0.2) is 0 Å². The summed E-state index contributed by atoms with van der Waals surface area (Å²) in [6.07, 6.45) is 2.27. The molecule has 6 nitrogen and oxygen atoms in total. The molecule has 2 aliphatic rings. The first-order chi connectivity index (χ1) is 9.11. The smallest absolute Gasteiger partial charge is 0.228 e. The van der Waals surface area contributed by atoms with Gasteiger partial charge in [-0.2, -0.15) is 0 Å². The fourth-order valence-electron chi connectivity index (χ4n) is 2.82. The van der Waals surface area contributed by atoms with Gasteiger partial charge in [0.05, 0.1) is 12.5 Å². The predicted molar refractivity (Wildman–Crippen MR) is 77.6 cm³/mol. The van der Waals surface area contributed by atoms with E-state index in [0.717, 1.165) is 19.4 Å². The highest BCUT2D eigenvalue weighted by Crippen LogP contribution is 2.21. The molecule has 2 heterocycles. The van der Waals surface area contributed by atoms with E-state index in [-0.39, 0.29) is 36.2 Å². The van der Waals surface area contributed by atoms with E-state index in [4.69, 9.17) is 10.5 Å². The summed E-state index contributed by atoms with van der Waals surface area (Å²) in [5.41, 5.74) is 5.89. The first-order valence-corrected chi connectivity index (χ1v) is 6.93. The number of hydrogen-bond acceptors (Lipinski definition) is 4. The van der Waals surface area contributed by atoms with Gasteiger partial charge in [0.1, 0.15) is 0 Å². The lowest BCUT2D eigenvalue weighted by atomic mass is 10.0. The number of methoxy groups -OCH3 is 1. The zero-order valence-electron chi connectivity index (χ0n) is 11.9. The van der Waals surface area contributed by atoms with Crippen LogP contribution in [0.15, 0.2) is 0 Å². The summed E-state index contributed by atoms with van der Waals surface area (Å²) in [4.78, 5) is 27.7. The molecule has 2 rings (SSSR count). The molecule has 116 valence electrons. The molecule has 0 aliphatic carbocycles. The molecule has 0 aromatic heterocycles. The van der Waals surface area contributed by atoms with E-state index in [2.05, 4.69) is 0 Å². The van der Waals surface area contributed by atoms with Gasteiger partial charge < -0.3 is 20.3 Å². The van der Waals surface area contributed by atoms with Crippen LogP contribution < -0.4 is 5.73 Å². The van der Waals surface area contributed by atoms with Crippen LogP contribution in [0.3, 0.4) is 0 Å². The van der Waals surface area contributed by atoms with Crippen LogP contribution in [-0.2, 0) is 14.3 Å². The highest BCUT2D eigenvalue weighted by molar-refractivity contribution is 5.89. The Morgan fingerprint density at radius 3 is 2.85 bits per heavy atom. The molecule has 0 aromatic rings. The Balaban J connectivity index is 0.00000200. The molecule has 0 saturated carbocycles. The normalized spacial score (nSPS) is 26.6. The molecule has 2 saturated heterocycles. The second-order valence-electron chi connectivity index (χ2n) is 5.42. The number of piperidine rings is 1. The molecule has 7 heteroatoms. The van der Waals surface area contributed by atoms with Crippen molar-refractivity contribution in [2.24, 2.45) is 11.7 Å². The lowest BCUT2D eigenvalue weighted by Gasteiger charge is -2.32. The highest BCUT2D eigenvalue weighted by atomic mass is 35.5. The van der Waals surface area contributed by atoms with Crippen LogP contribution in [0.2, 0.25) is 0 Å². The zero-order valence-corrected chi connectivity index (χ0v) is 12.7. The molecule has 2 aliphatic heterocycles. The predicted octanol–water partition coefficient (Wildman–Crippen LogP) is -0.147. The quantitative estimate of drug-likeness (QED) is 0.784. The lowest BCUT2D eigenvalue weighted by molar-refractivity contribution is -0.137. The third-order valence-electron chi connectivity index (χ3n) is 3.90. The van der Waals surface area contributed by atoms with Gasteiger partial charge in [-0.1, -0.05) is 0 Å². The molecular weight excluding hydrogens is 282 g/mol. The average Bonchev–Trinajstić information content (AvgIpc) is 2.77. The Morgan fingerprint density at radius 2 is 2.20 bits per heavy atom. The Labute approximate surface area is 126 Å². The number of likely N-dealkylation sites (tertiary alicyclic amines) is 2. The molecule has 0 aromatic carbocycles. The highest BCUT2D eigenvalue weighted by Gasteiger charge is 2.37. The van der Waals surface area contributed by atoms with Gasteiger partial charge in [-0.3, -0.25) is 9.59 Å². The van der Waals surface area contributed by atoms with Crippen molar-refractivity contribution in [3.8, 4) is 0 Å². The Morgan fingerprint density at radius 1 is 1.45 bits per heavy atom. The number of nitrogens with zero attached hydrogens (tertiary/aromatic N) is 2. The lowest BCUT2D eigenvalue weighted by Crippen LogP contribution is -2.48. The van der Waals surface area contributed by atoms with E-state index >= 15 is 0 Å². The summed E-state index contributed by atoms with van der Waals surface area (Å²) in [7, 11) is 1.61. The van der Waals surface area contributed by atoms with Crippen molar-refractivity contribution >= 4 is 24.2 Å². The Bertz CT molecular complexity index is 354. The van der Waals surface area contributed by atoms with E-state index in [9.17, 15) is 9.59 Å². The van der Waals surface area contributed by atoms with Crippen molar-refractivity contribution in [3.05, 3.63) is 0 Å². The maximum absolute atomic E-state index is 12.4. The zero-order chi connectivity index (χ0) is 13.8. The van der Waals surface area contributed by atoms with Gasteiger partial charge in [0, 0.05) is 45.8 Å². The fraction of sp³-hybridized carbons (Fsp3) is 0.846. The Hall–Kier alpha value is -0.850. The number of halogens is 1. The van der Waals surface area contributed by atoms with Crippen molar-refractivity contribution in [2.75, 3.05) is 39.9 Å². The number of hydrogen-bond donors (Lipinski definition) is 1. The molecule has 0 bridgehead atoms. The SMILES string of the molecule is COCCN1CC(C(=O)N2CCCC(N)C2)CC1=O.Cl. The fourth-order valence-corrected chi connectivity index (χ4v) is 2.82. The first-order valence-electron chi connectivity index (χ1n) is 6.93. The molecule has 2 N–H and O–H groups in total. The largest absolute Gasteiger partial charge is 0.383 e. The summed E-state index contributed by atoms with van der Waals surface area (Å²) >= 11 is 0. The van der Waals surface area contributed by atoms with Crippen molar-refractivity contribution in [1.29, 1.82) is 0 Å². The van der Waals surface area contributed by atoms with E-state index in [1.807, 2.05) is 4.90 Å². The summed E-state index contributed by atoms with van der Waals surface area (Å²) in [6.45, 7) is 3.00. The van der Waals surface area contributed by atoms with Crippen LogP contribution in [0.1, 0.15) is 19.3 Å². The van der Waals surface area contributed by atoms with Gasteiger partial charge in [0.25, 0.3) is 0 Å². The van der Waals surface area contributed by atoms with Crippen molar-refractivity contribution < 1.29 is 14.3 Å². The average molecular weight is 306 g/mol. The summed E-state index contributed by atoms with van der Waals surface area (Å²) in [6, 6.07) is 0.0828. The second-order valence-corrected chi connectivity index (χ2v) is 5.42. The number of amides is 2. The number of carbonyl (C=O) groups excluding carboxylic acids is 2. The monoisotopic (exact) mass is 305 g/mol. The van der Waals surface area contributed by atoms with Crippen LogP contribution >= 0.6 is 12.4 Å². The van der Waals surface area contributed by atoms with Crippen LogP contribution in [0.5, 0.6) is 0 Å². The number of nitrogens with two attached hydrogens (primary N) is 1. The van der Waals surface area contributed by atoms with Gasteiger partial charge >= 0.3 is 0 Å². The number of carbonyl (C=O) groups is 2. The minimum Gasteiger partial charge on any atom is -0.383 e. The van der Waals surface area contributed by atoms with E-state index in [0.29, 0.717) is 32.7 Å². The van der Waals surface area contributed by atoms with E-state index in [1.165, 1.54) is 0 Å². The summed E-state index contributed by atoms with van der Waals surface area (Å²) < 4.78 is 4.97. The molecule has 2 atom stereocenters. The molecular formula is C13H24ClN3O3. The molecule has 2 amide bonds. The summed E-state index contributed by atoms with van der Waals surface area (Å²) in [5.74, 6) is -0.0604.